The number of benzene rings is 1. The number of nitrogens with zero attached hydrogens (tertiary/aromatic N) is 3. The second kappa shape index (κ2) is 7.36. The van der Waals surface area contributed by atoms with Crippen molar-refractivity contribution in [2.24, 2.45) is 0 Å². The second-order valence-electron chi connectivity index (χ2n) is 5.83. The zero-order valence-corrected chi connectivity index (χ0v) is 15.2. The highest BCUT2D eigenvalue weighted by atomic mass is 16.5. The van der Waals surface area contributed by atoms with E-state index in [0.29, 0.717) is 45.4 Å². The van der Waals surface area contributed by atoms with Crippen LogP contribution in [-0.2, 0) is 0 Å². The van der Waals surface area contributed by atoms with E-state index >= 15 is 0 Å². The molecule has 8 heteroatoms. The van der Waals surface area contributed by atoms with Crippen molar-refractivity contribution in [3.63, 3.8) is 0 Å². The molecule has 0 spiro atoms. The molecule has 0 atom stereocenters. The summed E-state index contributed by atoms with van der Waals surface area (Å²) in [6, 6.07) is 10.2. The van der Waals surface area contributed by atoms with Crippen molar-refractivity contribution in [1.29, 1.82) is 0 Å². The molecule has 3 aromatic heterocycles. The van der Waals surface area contributed by atoms with Gasteiger partial charge in [-0.1, -0.05) is 0 Å². The van der Waals surface area contributed by atoms with Crippen LogP contribution in [0.5, 0.6) is 11.5 Å². The molecule has 0 radical (unpaired) electrons. The maximum Gasteiger partial charge on any atom is 0.255 e. The van der Waals surface area contributed by atoms with Crippen LogP contribution in [0.25, 0.3) is 22.7 Å². The number of fused-ring (bicyclic) bond motifs is 1. The van der Waals surface area contributed by atoms with Crippen LogP contribution in [0.2, 0.25) is 0 Å². The quantitative estimate of drug-likeness (QED) is 0.568. The first-order valence-corrected chi connectivity index (χ1v) is 8.38. The number of hydrogen-bond acceptors (Lipinski definition) is 7. The molecule has 0 fully saturated rings. The van der Waals surface area contributed by atoms with Crippen LogP contribution in [0.15, 0.2) is 59.4 Å². The van der Waals surface area contributed by atoms with Gasteiger partial charge in [-0.3, -0.25) is 9.78 Å². The molecular formula is C20H16N4O4. The Morgan fingerprint density at radius 2 is 1.93 bits per heavy atom. The Morgan fingerprint density at radius 3 is 2.71 bits per heavy atom. The van der Waals surface area contributed by atoms with Crippen LogP contribution < -0.4 is 14.8 Å². The number of carbonyl (C=O) groups excluding carboxylic acids is 1. The third kappa shape index (κ3) is 3.35. The fraction of sp³-hybridized carbons (Fsp3) is 0.100. The molecule has 8 nitrogen and oxygen atoms in total. The third-order valence-electron chi connectivity index (χ3n) is 4.05. The molecule has 4 rings (SSSR count). The summed E-state index contributed by atoms with van der Waals surface area (Å²) in [6.07, 6.45) is 4.80. The average Bonchev–Trinajstić information content (AvgIpc) is 3.17. The van der Waals surface area contributed by atoms with E-state index in [1.807, 2.05) is 0 Å². The van der Waals surface area contributed by atoms with Gasteiger partial charge in [0.1, 0.15) is 0 Å². The normalized spacial score (nSPS) is 10.6. The summed E-state index contributed by atoms with van der Waals surface area (Å²) < 4.78 is 16.1. The summed E-state index contributed by atoms with van der Waals surface area (Å²) >= 11 is 0. The number of ether oxygens (including phenoxy) is 2. The van der Waals surface area contributed by atoms with Crippen LogP contribution in [0, 0.1) is 0 Å². The number of hydrogen-bond donors (Lipinski definition) is 1. The summed E-state index contributed by atoms with van der Waals surface area (Å²) in [5.41, 5.74) is 2.65. The zero-order valence-electron chi connectivity index (χ0n) is 15.2. The van der Waals surface area contributed by atoms with E-state index in [9.17, 15) is 4.79 Å². The van der Waals surface area contributed by atoms with Crippen molar-refractivity contribution in [3.8, 4) is 23.0 Å². The molecule has 4 aromatic rings. The van der Waals surface area contributed by atoms with Gasteiger partial charge < -0.3 is 19.2 Å². The van der Waals surface area contributed by atoms with Crippen LogP contribution in [0.1, 0.15) is 10.4 Å². The van der Waals surface area contributed by atoms with Gasteiger partial charge in [0.25, 0.3) is 5.91 Å². The Kier molecular flexibility index (Phi) is 4.59. The largest absolute Gasteiger partial charge is 0.493 e. The van der Waals surface area contributed by atoms with Gasteiger partial charge in [-0.15, -0.1) is 0 Å². The zero-order chi connectivity index (χ0) is 19.5. The molecule has 1 N–H and O–H groups in total. The topological polar surface area (TPSA) is 99.4 Å². The summed E-state index contributed by atoms with van der Waals surface area (Å²) in [6.45, 7) is 0. The number of aromatic nitrogens is 3. The van der Waals surface area contributed by atoms with Crippen molar-refractivity contribution in [2.45, 2.75) is 0 Å². The first-order valence-electron chi connectivity index (χ1n) is 8.38. The highest BCUT2D eigenvalue weighted by molar-refractivity contribution is 6.04. The number of rotatable bonds is 5. The third-order valence-corrected chi connectivity index (χ3v) is 4.05. The van der Waals surface area contributed by atoms with Crippen LogP contribution in [-0.4, -0.2) is 35.1 Å². The Balaban J connectivity index is 1.59. The van der Waals surface area contributed by atoms with Gasteiger partial charge in [-0.05, 0) is 36.4 Å². The Labute approximate surface area is 160 Å². The number of nitrogens with one attached hydrogen (secondary N) is 1. The van der Waals surface area contributed by atoms with E-state index in [1.165, 1.54) is 14.2 Å². The monoisotopic (exact) mass is 376 g/mol. The maximum absolute atomic E-state index is 12.6. The minimum atomic E-state index is -0.306. The average molecular weight is 376 g/mol. The summed E-state index contributed by atoms with van der Waals surface area (Å²) in [7, 11) is 3.05. The minimum Gasteiger partial charge on any atom is -0.493 e. The van der Waals surface area contributed by atoms with Gasteiger partial charge in [0.2, 0.25) is 5.89 Å². The number of pyridine rings is 2. The number of carbonyl (C=O) groups is 1. The van der Waals surface area contributed by atoms with Gasteiger partial charge in [0.15, 0.2) is 22.7 Å². The number of methoxy groups -OCH3 is 2. The van der Waals surface area contributed by atoms with E-state index in [1.54, 1.807) is 55.0 Å². The predicted molar refractivity (Wildman–Crippen MR) is 103 cm³/mol. The molecule has 28 heavy (non-hydrogen) atoms. The van der Waals surface area contributed by atoms with Crippen LogP contribution >= 0.6 is 0 Å². The molecule has 0 aliphatic carbocycles. The minimum absolute atomic E-state index is 0.306. The lowest BCUT2D eigenvalue weighted by atomic mass is 10.2. The lowest BCUT2D eigenvalue weighted by Gasteiger charge is -2.10. The Hall–Kier alpha value is -3.94. The summed E-state index contributed by atoms with van der Waals surface area (Å²) in [5, 5.41) is 2.81. The van der Waals surface area contributed by atoms with Crippen molar-refractivity contribution in [3.05, 3.63) is 60.6 Å². The fourth-order valence-corrected chi connectivity index (χ4v) is 2.70. The number of oxazole rings is 1. The molecule has 0 saturated heterocycles. The van der Waals surface area contributed by atoms with Crippen molar-refractivity contribution in [1.82, 2.24) is 15.0 Å². The number of anilines is 1. The first-order chi connectivity index (χ1) is 13.7. The van der Waals surface area contributed by atoms with E-state index in [4.69, 9.17) is 13.9 Å². The van der Waals surface area contributed by atoms with Gasteiger partial charge >= 0.3 is 0 Å². The molecule has 1 amide bonds. The second-order valence-corrected chi connectivity index (χ2v) is 5.83. The maximum atomic E-state index is 12.6. The van der Waals surface area contributed by atoms with Gasteiger partial charge in [0.05, 0.1) is 31.7 Å². The molecule has 0 aliphatic heterocycles. The molecule has 0 bridgehead atoms. The van der Waals surface area contributed by atoms with E-state index in [-0.39, 0.29) is 5.91 Å². The molecule has 3 heterocycles. The van der Waals surface area contributed by atoms with Crippen LogP contribution in [0.4, 0.5) is 5.69 Å². The summed E-state index contributed by atoms with van der Waals surface area (Å²) in [4.78, 5) is 25.2. The number of amides is 1. The molecule has 0 unspecified atom stereocenters. The molecule has 0 saturated carbocycles. The lowest BCUT2D eigenvalue weighted by molar-refractivity contribution is 0.102. The lowest BCUT2D eigenvalue weighted by Crippen LogP contribution is -2.12. The van der Waals surface area contributed by atoms with Gasteiger partial charge in [-0.2, -0.15) is 4.98 Å². The van der Waals surface area contributed by atoms with Crippen LogP contribution in [0.3, 0.4) is 0 Å². The van der Waals surface area contributed by atoms with E-state index in [2.05, 4.69) is 20.3 Å². The Bertz CT molecular complexity index is 1120. The van der Waals surface area contributed by atoms with E-state index < -0.39 is 0 Å². The summed E-state index contributed by atoms with van der Waals surface area (Å²) in [5.74, 6) is 1.09. The Morgan fingerprint density at radius 1 is 1.07 bits per heavy atom. The molecular weight excluding hydrogens is 360 g/mol. The van der Waals surface area contributed by atoms with Gasteiger partial charge in [0, 0.05) is 18.0 Å². The standard InChI is InChI=1S/C20H16N4O4/c1-26-15-6-5-12(9-17(15)27-2)19(25)23-14-8-13(10-21-11-14)20-24-18-16(28-20)4-3-7-22-18/h3-11H,1-2H3,(H,23,25). The first kappa shape index (κ1) is 17.5. The predicted octanol–water partition coefficient (Wildman–Crippen LogP) is 3.55. The highest BCUT2D eigenvalue weighted by Gasteiger charge is 2.13. The molecule has 1 aromatic carbocycles. The molecule has 140 valence electrons. The smallest absolute Gasteiger partial charge is 0.255 e. The van der Waals surface area contributed by atoms with Gasteiger partial charge in [-0.25, -0.2) is 4.98 Å². The SMILES string of the molecule is COc1ccc(C(=O)Nc2cncc(-c3nc4ncccc4o3)c2)cc1OC. The van der Waals surface area contributed by atoms with E-state index in [0.717, 1.165) is 0 Å². The van der Waals surface area contributed by atoms with Crippen molar-refractivity contribution < 1.29 is 18.7 Å². The fourth-order valence-electron chi connectivity index (χ4n) is 2.70. The van der Waals surface area contributed by atoms with Crippen molar-refractivity contribution >= 4 is 22.8 Å². The highest BCUT2D eigenvalue weighted by Crippen LogP contribution is 2.28. The van der Waals surface area contributed by atoms with Crippen molar-refractivity contribution in [2.75, 3.05) is 19.5 Å². The molecule has 0 aliphatic rings.